The maximum Gasteiger partial charge on any atom is 0.352 e. The minimum Gasteiger partial charge on any atom is -0.492 e. The van der Waals surface area contributed by atoms with Crippen molar-refractivity contribution in [2.24, 2.45) is 0 Å². The van der Waals surface area contributed by atoms with E-state index in [0.717, 1.165) is 0 Å². The van der Waals surface area contributed by atoms with E-state index in [1.54, 1.807) is 16.8 Å². The maximum atomic E-state index is 11.2. The molecular formula is C13H12BrNO3. The summed E-state index contributed by atoms with van der Waals surface area (Å²) in [6, 6.07) is 8.90. The third kappa shape index (κ3) is 2.41. The first-order chi connectivity index (χ1) is 8.63. The van der Waals surface area contributed by atoms with Crippen molar-refractivity contribution in [1.29, 1.82) is 0 Å². The molecule has 0 bridgehead atoms. The van der Waals surface area contributed by atoms with Crippen LogP contribution >= 0.6 is 15.9 Å². The molecule has 0 fully saturated rings. The molecule has 5 heteroatoms. The van der Waals surface area contributed by atoms with Gasteiger partial charge < -0.3 is 14.4 Å². The molecule has 0 radical (unpaired) electrons. The largest absolute Gasteiger partial charge is 0.492 e. The van der Waals surface area contributed by atoms with Crippen LogP contribution in [-0.2, 0) is 0 Å². The van der Waals surface area contributed by atoms with Crippen LogP contribution in [0.25, 0.3) is 5.69 Å². The second-order valence-corrected chi connectivity index (χ2v) is 4.54. The number of aromatic carboxylic acids is 1. The van der Waals surface area contributed by atoms with Crippen molar-refractivity contribution in [2.75, 3.05) is 6.61 Å². The molecule has 1 aromatic carbocycles. The summed E-state index contributed by atoms with van der Waals surface area (Å²) in [5.74, 6) is -0.322. The molecule has 94 valence electrons. The van der Waals surface area contributed by atoms with Crippen molar-refractivity contribution in [3.05, 3.63) is 46.7 Å². The summed E-state index contributed by atoms with van der Waals surface area (Å²) in [4.78, 5) is 11.2. The Labute approximate surface area is 113 Å². The summed E-state index contributed by atoms with van der Waals surface area (Å²) < 4.78 is 7.82. The van der Waals surface area contributed by atoms with Gasteiger partial charge >= 0.3 is 5.97 Å². The molecule has 0 atom stereocenters. The Kier molecular flexibility index (Phi) is 3.72. The molecule has 0 saturated heterocycles. The van der Waals surface area contributed by atoms with Crippen LogP contribution in [0.1, 0.15) is 17.4 Å². The molecule has 1 heterocycles. The normalized spacial score (nSPS) is 10.3. The molecule has 0 aliphatic carbocycles. The number of carbonyl (C=O) groups is 1. The summed E-state index contributed by atoms with van der Waals surface area (Å²) in [5.41, 5.74) is 0.900. The summed E-state index contributed by atoms with van der Waals surface area (Å²) in [5, 5.41) is 9.18. The second kappa shape index (κ2) is 5.27. The van der Waals surface area contributed by atoms with Gasteiger partial charge in [-0.1, -0.05) is 12.1 Å². The molecule has 1 aromatic heterocycles. The Bertz CT molecular complexity index is 577. The highest BCUT2D eigenvalue weighted by molar-refractivity contribution is 9.10. The quantitative estimate of drug-likeness (QED) is 0.942. The molecule has 18 heavy (non-hydrogen) atoms. The Hall–Kier alpha value is -1.75. The first-order valence-corrected chi connectivity index (χ1v) is 6.26. The summed E-state index contributed by atoms with van der Waals surface area (Å²) in [7, 11) is 0. The van der Waals surface area contributed by atoms with Gasteiger partial charge in [-0.25, -0.2) is 4.79 Å². The van der Waals surface area contributed by atoms with E-state index in [-0.39, 0.29) is 5.69 Å². The monoisotopic (exact) mass is 309 g/mol. The molecule has 4 nitrogen and oxygen atoms in total. The Morgan fingerprint density at radius 1 is 1.44 bits per heavy atom. The molecular weight excluding hydrogens is 298 g/mol. The van der Waals surface area contributed by atoms with Gasteiger partial charge in [0.15, 0.2) is 0 Å². The minimum absolute atomic E-state index is 0.189. The molecule has 0 saturated carbocycles. The van der Waals surface area contributed by atoms with Gasteiger partial charge in [-0.15, -0.1) is 0 Å². The highest BCUT2D eigenvalue weighted by Crippen LogP contribution is 2.27. The van der Waals surface area contributed by atoms with E-state index < -0.39 is 5.97 Å². The van der Waals surface area contributed by atoms with E-state index in [1.165, 1.54) is 0 Å². The lowest BCUT2D eigenvalue weighted by Gasteiger charge is -2.12. The van der Waals surface area contributed by atoms with Crippen molar-refractivity contribution in [3.63, 3.8) is 0 Å². The number of nitrogens with zero attached hydrogens (tertiary/aromatic N) is 1. The van der Waals surface area contributed by atoms with Crippen molar-refractivity contribution in [3.8, 4) is 11.4 Å². The third-order valence-corrected chi connectivity index (χ3v) is 2.86. The number of hydrogen-bond donors (Lipinski definition) is 1. The fraction of sp³-hybridized carbons (Fsp3) is 0.154. The smallest absolute Gasteiger partial charge is 0.352 e. The zero-order valence-electron chi connectivity index (χ0n) is 9.76. The van der Waals surface area contributed by atoms with Crippen LogP contribution in [0.3, 0.4) is 0 Å². The van der Waals surface area contributed by atoms with Gasteiger partial charge in [0.2, 0.25) is 0 Å². The van der Waals surface area contributed by atoms with Gasteiger partial charge in [-0.2, -0.15) is 0 Å². The lowest BCUT2D eigenvalue weighted by atomic mass is 10.3. The highest BCUT2D eigenvalue weighted by atomic mass is 79.9. The average molecular weight is 310 g/mol. The van der Waals surface area contributed by atoms with Crippen LogP contribution in [0.5, 0.6) is 5.75 Å². The number of ether oxygens (including phenoxy) is 1. The molecule has 0 aliphatic heterocycles. The van der Waals surface area contributed by atoms with Gasteiger partial charge in [0.05, 0.1) is 12.3 Å². The molecule has 0 unspecified atom stereocenters. The zero-order chi connectivity index (χ0) is 13.1. The van der Waals surface area contributed by atoms with Gasteiger partial charge in [-0.3, -0.25) is 0 Å². The van der Waals surface area contributed by atoms with Crippen molar-refractivity contribution in [1.82, 2.24) is 4.57 Å². The summed E-state index contributed by atoms with van der Waals surface area (Å²) in [6.45, 7) is 2.42. The summed E-state index contributed by atoms with van der Waals surface area (Å²) >= 11 is 3.29. The van der Waals surface area contributed by atoms with E-state index in [4.69, 9.17) is 4.74 Å². The van der Waals surface area contributed by atoms with E-state index in [9.17, 15) is 9.90 Å². The zero-order valence-corrected chi connectivity index (χ0v) is 11.3. The fourth-order valence-electron chi connectivity index (χ4n) is 1.73. The molecule has 2 rings (SSSR count). The number of carboxylic acids is 1. The van der Waals surface area contributed by atoms with Crippen LogP contribution in [0.15, 0.2) is 41.0 Å². The van der Waals surface area contributed by atoms with Crippen molar-refractivity contribution in [2.45, 2.75) is 6.92 Å². The lowest BCUT2D eigenvalue weighted by molar-refractivity contribution is 0.0688. The SMILES string of the molecule is CCOc1ccccc1-n1cc(Br)cc1C(=O)O. The number of aromatic nitrogens is 1. The number of para-hydroxylation sites is 2. The van der Waals surface area contributed by atoms with Crippen molar-refractivity contribution >= 4 is 21.9 Å². The van der Waals surface area contributed by atoms with Crippen LogP contribution in [0.2, 0.25) is 0 Å². The van der Waals surface area contributed by atoms with Crippen LogP contribution in [-0.4, -0.2) is 22.2 Å². The topological polar surface area (TPSA) is 51.5 Å². The average Bonchev–Trinajstić information content (AvgIpc) is 2.72. The van der Waals surface area contributed by atoms with Crippen LogP contribution < -0.4 is 4.74 Å². The first kappa shape index (κ1) is 12.7. The predicted molar refractivity (Wildman–Crippen MR) is 71.6 cm³/mol. The Morgan fingerprint density at radius 2 is 2.17 bits per heavy atom. The summed E-state index contributed by atoms with van der Waals surface area (Å²) in [6.07, 6.45) is 1.71. The first-order valence-electron chi connectivity index (χ1n) is 5.47. The molecule has 0 aliphatic rings. The van der Waals surface area contributed by atoms with Gasteiger partial charge in [0, 0.05) is 10.7 Å². The molecule has 0 amide bonds. The number of rotatable bonds is 4. The van der Waals surface area contributed by atoms with Crippen molar-refractivity contribution < 1.29 is 14.6 Å². The van der Waals surface area contributed by atoms with E-state index >= 15 is 0 Å². The van der Waals surface area contributed by atoms with Crippen LogP contribution in [0, 0.1) is 0 Å². The molecule has 1 N–H and O–H groups in total. The lowest BCUT2D eigenvalue weighted by Crippen LogP contribution is -2.07. The maximum absolute atomic E-state index is 11.2. The van der Waals surface area contributed by atoms with Gasteiger partial charge in [0.1, 0.15) is 11.4 Å². The van der Waals surface area contributed by atoms with E-state index in [2.05, 4.69) is 15.9 Å². The molecule has 2 aromatic rings. The number of hydrogen-bond acceptors (Lipinski definition) is 2. The number of halogens is 1. The Morgan fingerprint density at radius 3 is 2.83 bits per heavy atom. The predicted octanol–water partition coefficient (Wildman–Crippen LogP) is 3.34. The van der Waals surface area contributed by atoms with E-state index in [1.807, 2.05) is 31.2 Å². The highest BCUT2D eigenvalue weighted by Gasteiger charge is 2.15. The fourth-order valence-corrected chi connectivity index (χ4v) is 2.15. The van der Waals surface area contributed by atoms with Gasteiger partial charge in [-0.05, 0) is 41.1 Å². The number of carboxylic acid groups (broad SMARTS) is 1. The molecule has 0 spiro atoms. The van der Waals surface area contributed by atoms with Crippen LogP contribution in [0.4, 0.5) is 0 Å². The third-order valence-electron chi connectivity index (χ3n) is 2.43. The standard InChI is InChI=1S/C13H12BrNO3/c1-2-18-12-6-4-3-5-10(12)15-8-9(14)7-11(15)13(16)17/h3-8H,2H2,1H3,(H,16,17). The number of benzene rings is 1. The second-order valence-electron chi connectivity index (χ2n) is 3.62. The minimum atomic E-state index is -0.980. The van der Waals surface area contributed by atoms with E-state index in [0.29, 0.717) is 22.5 Å². The van der Waals surface area contributed by atoms with Gasteiger partial charge in [0.25, 0.3) is 0 Å². The Balaban J connectivity index is 2.58.